The zero-order valence-corrected chi connectivity index (χ0v) is 22.8. The van der Waals surface area contributed by atoms with Gasteiger partial charge < -0.3 is 12.4 Å². The molecule has 2 aliphatic rings. The summed E-state index contributed by atoms with van der Waals surface area (Å²) in [6, 6.07) is 37.5. The van der Waals surface area contributed by atoms with Gasteiger partial charge in [-0.2, -0.15) is 0 Å². The topological polar surface area (TPSA) is 9.23 Å². The maximum Gasteiger partial charge on any atom is -1.00 e. The second kappa shape index (κ2) is 10.5. The average Bonchev–Trinajstić information content (AvgIpc) is 3.54. The third kappa shape index (κ3) is 4.29. The van der Waals surface area contributed by atoms with E-state index in [0.717, 1.165) is 6.42 Å². The second-order valence-electron chi connectivity index (χ2n) is 8.80. The molecule has 3 heteroatoms. The van der Waals surface area contributed by atoms with Crippen LogP contribution >= 0.6 is 0 Å². The third-order valence-corrected chi connectivity index (χ3v) is 12.7. The molecular weight excluding hydrogens is 527 g/mol. The molecule has 0 saturated heterocycles. The maximum atomic E-state index is 6.57. The summed E-state index contributed by atoms with van der Waals surface area (Å²) in [5, 5.41) is 0. The van der Waals surface area contributed by atoms with Crippen molar-refractivity contribution in [1.29, 1.82) is 0 Å². The Bertz CT molecular complexity index is 1410. The van der Waals surface area contributed by atoms with Gasteiger partial charge in [-0.3, -0.25) is 0 Å². The molecule has 1 atom stereocenters. The van der Waals surface area contributed by atoms with Crippen molar-refractivity contribution in [3.63, 3.8) is 0 Å². The number of hydrogen-bond acceptors (Lipinski definition) is 1. The summed E-state index contributed by atoms with van der Waals surface area (Å²) in [5.41, 5.74) is 9.68. The second-order valence-corrected chi connectivity index (χ2v) is 14.0. The van der Waals surface area contributed by atoms with E-state index < -0.39 is 21.7 Å². The molecule has 0 radical (unpaired) electrons. The molecule has 0 fully saturated rings. The number of allylic oxidation sites excluding steroid dienone is 4. The van der Waals surface area contributed by atoms with Crippen molar-refractivity contribution in [2.75, 3.05) is 7.11 Å². The predicted molar refractivity (Wildman–Crippen MR) is 138 cm³/mol. The van der Waals surface area contributed by atoms with Crippen LogP contribution in [0.3, 0.4) is 0 Å². The van der Waals surface area contributed by atoms with Gasteiger partial charge in [0, 0.05) is 0 Å². The summed E-state index contributed by atoms with van der Waals surface area (Å²) in [7, 11) is 1.92. The Labute approximate surface area is 222 Å². The van der Waals surface area contributed by atoms with Crippen LogP contribution in [0.1, 0.15) is 34.6 Å². The van der Waals surface area contributed by atoms with Crippen LogP contribution in [0.5, 0.6) is 0 Å². The van der Waals surface area contributed by atoms with Crippen LogP contribution in [-0.4, -0.2) is 10.3 Å². The Morgan fingerprint density at radius 1 is 0.743 bits per heavy atom. The van der Waals surface area contributed by atoms with Gasteiger partial charge in [0.2, 0.25) is 0 Å². The van der Waals surface area contributed by atoms with E-state index in [0.29, 0.717) is 5.92 Å². The molecule has 0 amide bonds. The van der Waals surface area contributed by atoms with E-state index in [-0.39, 0.29) is 12.4 Å². The van der Waals surface area contributed by atoms with Crippen molar-refractivity contribution in [2.45, 2.75) is 12.3 Å². The summed E-state index contributed by atoms with van der Waals surface area (Å²) < 4.78 is 9.41. The van der Waals surface area contributed by atoms with Crippen LogP contribution in [0.25, 0.3) is 11.1 Å². The summed E-state index contributed by atoms with van der Waals surface area (Å²) in [6.07, 6.45) is 7.83. The fourth-order valence-corrected chi connectivity index (χ4v) is 11.2. The van der Waals surface area contributed by atoms with Gasteiger partial charge in [-0.1, -0.05) is 0 Å². The van der Waals surface area contributed by atoms with Crippen LogP contribution < -0.4 is 15.7 Å². The van der Waals surface area contributed by atoms with E-state index in [9.17, 15) is 0 Å². The van der Waals surface area contributed by atoms with E-state index in [1.165, 1.54) is 45.4 Å². The molecule has 171 valence electrons. The van der Waals surface area contributed by atoms with Gasteiger partial charge in [-0.15, -0.1) is 0 Å². The predicted octanol–water partition coefficient (Wildman–Crippen LogP) is 3.76. The average molecular weight is 553 g/mol. The van der Waals surface area contributed by atoms with Crippen LogP contribution in [0.15, 0.2) is 127 Å². The first kappa shape index (κ1) is 24.1. The van der Waals surface area contributed by atoms with Gasteiger partial charge in [-0.25, -0.2) is 0 Å². The molecule has 1 unspecified atom stereocenters. The van der Waals surface area contributed by atoms with Crippen molar-refractivity contribution >= 4 is 6.48 Å². The van der Waals surface area contributed by atoms with Crippen molar-refractivity contribution < 1.29 is 36.9 Å². The summed E-state index contributed by atoms with van der Waals surface area (Å²) >= 11 is -2.79. The fourth-order valence-electron chi connectivity index (χ4n) is 5.51. The standard InChI is InChI=1S/C18H13.C13H10.CH3O.ClH.Zr/c1-2-8-13(7-1)18-16-11-5-3-9-14(16)15-10-4-6-12-17(15)18;1-3-7-12(8-4-1)11-13-9-5-2-6-10-13;1-2;;/h1-7,9-11,18H,8H2;1-10H;1H3;1H;/q;;-1;;+2/p-1. The summed E-state index contributed by atoms with van der Waals surface area (Å²) in [5.74, 6) is 0.302. The van der Waals surface area contributed by atoms with Gasteiger partial charge >= 0.3 is 211 Å². The van der Waals surface area contributed by atoms with Crippen LogP contribution in [0.4, 0.5) is 0 Å². The van der Waals surface area contributed by atoms with Crippen molar-refractivity contribution in [1.82, 2.24) is 0 Å². The number of halogens is 1. The molecule has 2 aliphatic carbocycles. The van der Waals surface area contributed by atoms with Crippen LogP contribution in [0.2, 0.25) is 0 Å². The van der Waals surface area contributed by atoms with E-state index >= 15 is 0 Å². The normalized spacial score (nSPS) is 15.1. The molecule has 0 saturated carbocycles. The van der Waals surface area contributed by atoms with Gasteiger partial charge in [-0.05, 0) is 0 Å². The maximum absolute atomic E-state index is 6.57. The zero-order valence-electron chi connectivity index (χ0n) is 19.6. The fraction of sp³-hybridized carbons (Fsp3) is 0.0938. The van der Waals surface area contributed by atoms with Crippen molar-refractivity contribution in [3.8, 4) is 11.1 Å². The largest absolute Gasteiger partial charge is 1.00 e. The molecule has 0 heterocycles. The van der Waals surface area contributed by atoms with Gasteiger partial charge in [0.25, 0.3) is 0 Å². The third-order valence-electron chi connectivity index (χ3n) is 6.93. The zero-order chi connectivity index (χ0) is 22.9. The Morgan fingerprint density at radius 2 is 1.37 bits per heavy atom. The Balaban J connectivity index is 0.00000253. The molecule has 6 rings (SSSR count). The Kier molecular flexibility index (Phi) is 7.25. The van der Waals surface area contributed by atoms with Gasteiger partial charge in [0.15, 0.2) is 0 Å². The van der Waals surface area contributed by atoms with E-state index in [2.05, 4.69) is 121 Å². The molecule has 4 aromatic rings. The smallest absolute Gasteiger partial charge is 1.00 e. The first-order valence-corrected chi connectivity index (χ1v) is 15.3. The van der Waals surface area contributed by atoms with Gasteiger partial charge in [0.05, 0.1) is 0 Å². The number of rotatable bonds is 5. The Hall–Kier alpha value is -2.64. The molecule has 1 nitrogen and oxygen atoms in total. The molecule has 0 spiro atoms. The minimum absolute atomic E-state index is 0. The van der Waals surface area contributed by atoms with Crippen molar-refractivity contribution in [2.24, 2.45) is 0 Å². The molecule has 0 aliphatic heterocycles. The minimum Gasteiger partial charge on any atom is -1.00 e. The number of benzene rings is 4. The van der Waals surface area contributed by atoms with Crippen molar-refractivity contribution in [3.05, 3.63) is 149 Å². The summed E-state index contributed by atoms with van der Waals surface area (Å²) in [6.45, 7) is 0. The van der Waals surface area contributed by atoms with E-state index in [4.69, 9.17) is 2.81 Å². The molecular formula is C32H26ClOZr. The van der Waals surface area contributed by atoms with Crippen LogP contribution in [0, 0.1) is 0 Å². The van der Waals surface area contributed by atoms with Crippen LogP contribution in [-0.2, 0) is 24.5 Å². The quantitative estimate of drug-likeness (QED) is 0.366. The molecule has 0 bridgehead atoms. The van der Waals surface area contributed by atoms with E-state index in [1.54, 1.807) is 0 Å². The first-order valence-electron chi connectivity index (χ1n) is 11.8. The molecule has 4 aromatic carbocycles. The summed E-state index contributed by atoms with van der Waals surface area (Å²) in [4.78, 5) is 0. The Morgan fingerprint density at radius 3 is 2.00 bits per heavy atom. The number of fused-ring (bicyclic) bond motifs is 3. The first-order chi connectivity index (χ1) is 16.9. The molecule has 35 heavy (non-hydrogen) atoms. The SMILES string of the molecule is C[O][Zr+](=[C](c1ccccc1)c1ccccc1)[c]1cccc2c1C(C1=CC=CC1)c1ccccc1-2.[Cl-]. The van der Waals surface area contributed by atoms with E-state index in [1.807, 2.05) is 7.11 Å². The molecule has 0 aromatic heterocycles. The minimum atomic E-state index is -2.79. The monoisotopic (exact) mass is 551 g/mol. The molecule has 0 N–H and O–H groups in total. The van der Waals surface area contributed by atoms with Gasteiger partial charge in [0.1, 0.15) is 0 Å². The number of hydrogen-bond donors (Lipinski definition) is 0.